The van der Waals surface area contributed by atoms with Crippen molar-refractivity contribution < 1.29 is 48.1 Å². The van der Waals surface area contributed by atoms with E-state index in [0.29, 0.717) is 23.0 Å². The van der Waals surface area contributed by atoms with E-state index in [4.69, 9.17) is 4.42 Å². The van der Waals surface area contributed by atoms with Crippen LogP contribution in [0.2, 0.25) is 0 Å². The molecule has 2 heterocycles. The summed E-state index contributed by atoms with van der Waals surface area (Å²) < 4.78 is 112. The Morgan fingerprint density at radius 1 is 0.932 bits per heavy atom. The fourth-order valence-corrected chi connectivity index (χ4v) is 6.30. The Kier molecular flexibility index (Phi) is 8.50. The molecule has 44 heavy (non-hydrogen) atoms. The molecule has 234 valence electrons. The maximum Gasteiger partial charge on any atom is 0.416 e. The van der Waals surface area contributed by atoms with Crippen molar-refractivity contribution in [1.82, 2.24) is 0 Å². The van der Waals surface area contributed by atoms with Gasteiger partial charge in [-0.1, -0.05) is 24.3 Å². The number of anilines is 2. The molecule has 0 atom stereocenters. The first-order valence-electron chi connectivity index (χ1n) is 13.5. The van der Waals surface area contributed by atoms with Gasteiger partial charge in [0.1, 0.15) is 5.82 Å². The summed E-state index contributed by atoms with van der Waals surface area (Å²) in [5.41, 5.74) is 1.11. The summed E-state index contributed by atoms with van der Waals surface area (Å²) in [5.74, 6) is -0.211. The average molecular weight is 653 g/mol. The fraction of sp³-hybridized carbons (Fsp3) is 0.276. The molecule has 0 amide bonds. The molecule has 0 unspecified atom stereocenters. The minimum atomic E-state index is -4.59. The van der Waals surface area contributed by atoms with Gasteiger partial charge in [-0.2, -0.15) is 34.6 Å². The van der Waals surface area contributed by atoms with Crippen LogP contribution in [0.4, 0.5) is 24.5 Å². The minimum absolute atomic E-state index is 0.00434. The summed E-state index contributed by atoms with van der Waals surface area (Å²) in [5, 5.41) is 1.81. The lowest BCUT2D eigenvalue weighted by molar-refractivity contribution is -0.677. The molecule has 5 rings (SSSR count). The zero-order chi connectivity index (χ0) is 31.9. The van der Waals surface area contributed by atoms with Crippen molar-refractivity contribution in [3.05, 3.63) is 84.0 Å². The number of allylic oxidation sites excluding steroid dienone is 2. The zero-order valence-corrected chi connectivity index (χ0v) is 25.0. The van der Waals surface area contributed by atoms with Crippen molar-refractivity contribution in [3.63, 3.8) is 0 Å². The zero-order valence-electron chi connectivity index (χ0n) is 23.4. The molecule has 3 aromatic carbocycles. The van der Waals surface area contributed by atoms with E-state index >= 15 is 0 Å². The van der Waals surface area contributed by atoms with E-state index in [1.54, 1.807) is 45.7 Å². The van der Waals surface area contributed by atoms with Crippen LogP contribution in [-0.2, 0) is 33.0 Å². The van der Waals surface area contributed by atoms with Crippen LogP contribution in [0.1, 0.15) is 24.3 Å². The van der Waals surface area contributed by atoms with Crippen molar-refractivity contribution in [2.75, 3.05) is 34.9 Å². The standard InChI is InChI=1S/C29H28F3N3O7S2/c1-33-23-13-12-21(29(30,31)32)19-24(23)34(15-5-17-43(36,37)38)26(33)9-4-10-27-35(16-6-18-44(39,40)41)28-22-8-3-2-7-20(22)11-14-25(28)42-27/h2-4,7-14,19H,5-6,15-18H2,1H3,(H-,36,37,38,39,40,41)/p+1. The Morgan fingerprint density at radius 2 is 1.64 bits per heavy atom. The SMILES string of the molecule is CN1C(=CC=Cc2oc3ccc4ccccc4c3[n+]2CCCS(=O)(=O)O)N(CCCS(=O)(=O)O)c2cc(C(F)(F)F)ccc21. The normalized spacial score (nSPS) is 15.4. The first-order valence-corrected chi connectivity index (χ1v) is 16.7. The highest BCUT2D eigenvalue weighted by molar-refractivity contribution is 7.86. The summed E-state index contributed by atoms with van der Waals surface area (Å²) in [6.45, 7) is 0.203. The number of benzene rings is 3. The predicted octanol–water partition coefficient (Wildman–Crippen LogP) is 5.26. The number of halogens is 3. The molecule has 1 aliphatic heterocycles. The fourth-order valence-electron chi connectivity index (χ4n) is 5.31. The molecule has 0 spiro atoms. The lowest BCUT2D eigenvalue weighted by atomic mass is 10.1. The monoisotopic (exact) mass is 652 g/mol. The lowest BCUT2D eigenvalue weighted by Gasteiger charge is -2.22. The number of aryl methyl sites for hydroxylation is 1. The number of nitrogens with zero attached hydrogens (tertiary/aromatic N) is 3. The Hall–Kier alpha value is -3.92. The molecule has 0 aliphatic carbocycles. The second-order valence-corrected chi connectivity index (χ2v) is 13.4. The van der Waals surface area contributed by atoms with Gasteiger partial charge < -0.3 is 14.2 Å². The maximum atomic E-state index is 13.5. The van der Waals surface area contributed by atoms with Crippen LogP contribution < -0.4 is 14.4 Å². The van der Waals surface area contributed by atoms with Gasteiger partial charge in [0.25, 0.3) is 25.8 Å². The van der Waals surface area contributed by atoms with Gasteiger partial charge in [0, 0.05) is 20.0 Å². The molecule has 1 aliphatic rings. The highest BCUT2D eigenvalue weighted by Gasteiger charge is 2.35. The van der Waals surface area contributed by atoms with Gasteiger partial charge in [-0.3, -0.25) is 9.11 Å². The quantitative estimate of drug-likeness (QED) is 0.174. The molecule has 10 nitrogen and oxygen atoms in total. The molecule has 0 fully saturated rings. The summed E-state index contributed by atoms with van der Waals surface area (Å²) in [6.07, 6.45) is 0.349. The van der Waals surface area contributed by atoms with Crippen molar-refractivity contribution in [3.8, 4) is 0 Å². The lowest BCUT2D eigenvalue weighted by Crippen LogP contribution is -2.36. The van der Waals surface area contributed by atoms with Crippen LogP contribution in [-0.4, -0.2) is 51.0 Å². The summed E-state index contributed by atoms with van der Waals surface area (Å²) in [4.78, 5) is 3.21. The third kappa shape index (κ3) is 6.90. The number of fused-ring (bicyclic) bond motifs is 4. The van der Waals surface area contributed by atoms with Crippen LogP contribution in [0.25, 0.3) is 27.9 Å². The topological polar surface area (TPSA) is 132 Å². The molecule has 0 radical (unpaired) electrons. The van der Waals surface area contributed by atoms with Gasteiger partial charge >= 0.3 is 12.1 Å². The number of rotatable bonds is 10. The molecule has 1 aromatic heterocycles. The largest absolute Gasteiger partial charge is 0.416 e. The van der Waals surface area contributed by atoms with Crippen LogP contribution in [0.5, 0.6) is 0 Å². The van der Waals surface area contributed by atoms with Gasteiger partial charge in [0.15, 0.2) is 6.54 Å². The highest BCUT2D eigenvalue weighted by atomic mass is 32.2. The highest BCUT2D eigenvalue weighted by Crippen LogP contribution is 2.44. The summed E-state index contributed by atoms with van der Waals surface area (Å²) >= 11 is 0. The van der Waals surface area contributed by atoms with Crippen molar-refractivity contribution in [1.29, 1.82) is 0 Å². The van der Waals surface area contributed by atoms with Crippen LogP contribution in [0.3, 0.4) is 0 Å². The van der Waals surface area contributed by atoms with Gasteiger partial charge in [-0.05, 0) is 54.3 Å². The summed E-state index contributed by atoms with van der Waals surface area (Å²) in [6, 6.07) is 14.6. The predicted molar refractivity (Wildman–Crippen MR) is 160 cm³/mol. The first-order chi connectivity index (χ1) is 20.6. The van der Waals surface area contributed by atoms with E-state index in [2.05, 4.69) is 0 Å². The second kappa shape index (κ2) is 11.9. The Bertz CT molecular complexity index is 2000. The molecule has 0 bridgehead atoms. The van der Waals surface area contributed by atoms with E-state index in [0.717, 1.165) is 28.4 Å². The Morgan fingerprint density at radius 3 is 2.34 bits per heavy atom. The average Bonchev–Trinajstić information content (AvgIpc) is 3.41. The van der Waals surface area contributed by atoms with Gasteiger partial charge in [-0.15, -0.1) is 0 Å². The number of aromatic nitrogens is 1. The number of oxazole rings is 1. The number of hydrogen-bond donors (Lipinski definition) is 2. The minimum Gasteiger partial charge on any atom is -0.398 e. The van der Waals surface area contributed by atoms with E-state index < -0.39 is 43.5 Å². The molecule has 15 heteroatoms. The molecular formula is C29H29F3N3O7S2+. The van der Waals surface area contributed by atoms with Crippen molar-refractivity contribution >= 4 is 59.6 Å². The molecule has 0 saturated carbocycles. The maximum absolute atomic E-state index is 13.5. The third-order valence-electron chi connectivity index (χ3n) is 7.24. The summed E-state index contributed by atoms with van der Waals surface area (Å²) in [7, 11) is -6.81. The van der Waals surface area contributed by atoms with E-state index in [1.165, 1.54) is 6.07 Å². The van der Waals surface area contributed by atoms with Crippen molar-refractivity contribution in [2.45, 2.75) is 25.6 Å². The Balaban J connectivity index is 1.54. The van der Waals surface area contributed by atoms with Crippen LogP contribution >= 0.6 is 0 Å². The Labute approximate surface area is 251 Å². The van der Waals surface area contributed by atoms with E-state index in [1.807, 2.05) is 30.3 Å². The molecule has 2 N–H and O–H groups in total. The molecular weight excluding hydrogens is 623 g/mol. The molecule has 4 aromatic rings. The smallest absolute Gasteiger partial charge is 0.398 e. The number of hydrogen-bond acceptors (Lipinski definition) is 7. The van der Waals surface area contributed by atoms with E-state index in [-0.39, 0.29) is 31.6 Å². The third-order valence-corrected chi connectivity index (χ3v) is 8.85. The van der Waals surface area contributed by atoms with Gasteiger partial charge in [0.2, 0.25) is 5.58 Å². The van der Waals surface area contributed by atoms with Gasteiger partial charge in [0.05, 0.1) is 39.9 Å². The van der Waals surface area contributed by atoms with Crippen molar-refractivity contribution in [2.24, 2.45) is 0 Å². The van der Waals surface area contributed by atoms with Gasteiger partial charge in [-0.25, -0.2) is 0 Å². The first kappa shape index (κ1) is 31.5. The van der Waals surface area contributed by atoms with E-state index in [9.17, 15) is 39.1 Å². The van der Waals surface area contributed by atoms with Crippen LogP contribution in [0.15, 0.2) is 77.0 Å². The number of alkyl halides is 3. The second-order valence-electron chi connectivity index (χ2n) is 10.3. The van der Waals surface area contributed by atoms with Crippen LogP contribution in [0, 0.1) is 0 Å². The molecule has 0 saturated heterocycles.